The Labute approximate surface area is 126 Å². The molecule has 0 bridgehead atoms. The number of nitrogens with one attached hydrogen (secondary N) is 2. The number of hydrogen-bond acceptors (Lipinski definition) is 5. The van der Waals surface area contributed by atoms with Crippen molar-refractivity contribution in [1.82, 2.24) is 4.72 Å². The molecule has 0 unspecified atom stereocenters. The molecule has 21 heavy (non-hydrogen) atoms. The highest BCUT2D eigenvalue weighted by atomic mass is 35.5. The fourth-order valence-corrected chi connectivity index (χ4v) is 2.31. The van der Waals surface area contributed by atoms with Gasteiger partial charge in [-0.05, 0) is 37.4 Å². The van der Waals surface area contributed by atoms with Crippen LogP contribution in [0.1, 0.15) is 10.6 Å². The summed E-state index contributed by atoms with van der Waals surface area (Å²) in [5.41, 5.74) is 6.36. The Morgan fingerprint density at radius 1 is 1.29 bits per heavy atom. The number of furan rings is 1. The van der Waals surface area contributed by atoms with Crippen LogP contribution in [0.5, 0.6) is 0 Å². The zero-order valence-electron chi connectivity index (χ0n) is 10.9. The molecule has 7 nitrogen and oxygen atoms in total. The van der Waals surface area contributed by atoms with Gasteiger partial charge in [-0.15, -0.1) is 0 Å². The summed E-state index contributed by atoms with van der Waals surface area (Å²) < 4.78 is 30.1. The quantitative estimate of drug-likeness (QED) is 0.738. The van der Waals surface area contributed by atoms with Crippen LogP contribution in [0.4, 0.5) is 11.4 Å². The molecule has 0 aliphatic rings. The van der Waals surface area contributed by atoms with Crippen LogP contribution in [-0.4, -0.2) is 21.4 Å². The molecule has 4 N–H and O–H groups in total. The summed E-state index contributed by atoms with van der Waals surface area (Å²) in [6.07, 6.45) is 0. The lowest BCUT2D eigenvalue weighted by Crippen LogP contribution is -2.18. The van der Waals surface area contributed by atoms with E-state index in [1.54, 1.807) is 6.07 Å². The fraction of sp³-hybridized carbons (Fsp3) is 0.0833. The van der Waals surface area contributed by atoms with Gasteiger partial charge in [-0.2, -0.15) is 0 Å². The average molecular weight is 330 g/mol. The van der Waals surface area contributed by atoms with Crippen LogP contribution >= 0.6 is 11.6 Å². The van der Waals surface area contributed by atoms with E-state index in [2.05, 4.69) is 10.0 Å². The van der Waals surface area contributed by atoms with Gasteiger partial charge < -0.3 is 15.5 Å². The Morgan fingerprint density at radius 2 is 2.00 bits per heavy atom. The molecule has 0 aliphatic heterocycles. The summed E-state index contributed by atoms with van der Waals surface area (Å²) >= 11 is 5.84. The van der Waals surface area contributed by atoms with Gasteiger partial charge in [0.1, 0.15) is 0 Å². The molecule has 0 spiro atoms. The number of carbonyl (C=O) groups is 1. The average Bonchev–Trinajstić information content (AvgIpc) is 2.93. The number of sulfonamides is 1. The van der Waals surface area contributed by atoms with E-state index in [4.69, 9.17) is 21.8 Å². The van der Waals surface area contributed by atoms with Gasteiger partial charge >= 0.3 is 0 Å². The van der Waals surface area contributed by atoms with Crippen molar-refractivity contribution in [2.75, 3.05) is 18.1 Å². The lowest BCUT2D eigenvalue weighted by Gasteiger charge is -2.05. The van der Waals surface area contributed by atoms with Gasteiger partial charge in [0, 0.05) is 5.69 Å². The molecular formula is C12H12ClN3O4S. The van der Waals surface area contributed by atoms with Crippen molar-refractivity contribution in [3.8, 4) is 0 Å². The molecule has 1 heterocycles. The highest BCUT2D eigenvalue weighted by Gasteiger charge is 2.19. The maximum Gasteiger partial charge on any atom is 0.291 e. The fourth-order valence-electron chi connectivity index (χ4n) is 1.48. The summed E-state index contributed by atoms with van der Waals surface area (Å²) in [5.74, 6) is -0.745. The largest absolute Gasteiger partial charge is 0.438 e. The highest BCUT2D eigenvalue weighted by molar-refractivity contribution is 7.89. The van der Waals surface area contributed by atoms with Gasteiger partial charge in [0.2, 0.25) is 5.09 Å². The monoisotopic (exact) mass is 329 g/mol. The topological polar surface area (TPSA) is 114 Å². The number of hydrogen-bond donors (Lipinski definition) is 3. The Bertz CT molecular complexity index is 786. The Balaban J connectivity index is 2.19. The number of rotatable bonds is 4. The van der Waals surface area contributed by atoms with E-state index < -0.39 is 15.9 Å². The first-order chi connectivity index (χ1) is 9.83. The molecular weight excluding hydrogens is 318 g/mol. The van der Waals surface area contributed by atoms with Crippen LogP contribution in [0, 0.1) is 0 Å². The first kappa shape index (κ1) is 15.4. The van der Waals surface area contributed by atoms with Crippen molar-refractivity contribution >= 4 is 38.9 Å². The van der Waals surface area contributed by atoms with E-state index >= 15 is 0 Å². The molecule has 1 aromatic carbocycles. The molecule has 0 fully saturated rings. The van der Waals surface area contributed by atoms with Gasteiger partial charge in [-0.25, -0.2) is 13.1 Å². The smallest absolute Gasteiger partial charge is 0.291 e. The Morgan fingerprint density at radius 3 is 2.62 bits per heavy atom. The minimum absolute atomic E-state index is 0.142. The highest BCUT2D eigenvalue weighted by Crippen LogP contribution is 2.23. The number of amides is 1. The number of nitrogen functional groups attached to an aromatic ring is 1. The molecule has 1 amide bonds. The van der Waals surface area contributed by atoms with Gasteiger partial charge in [-0.3, -0.25) is 4.79 Å². The normalized spacial score (nSPS) is 11.3. The van der Waals surface area contributed by atoms with Gasteiger partial charge in [0.05, 0.1) is 10.7 Å². The minimum Gasteiger partial charge on any atom is -0.438 e. The predicted octanol–water partition coefficient (Wildman–Crippen LogP) is 1.68. The second-order valence-electron chi connectivity index (χ2n) is 4.02. The van der Waals surface area contributed by atoms with Crippen LogP contribution in [0.3, 0.4) is 0 Å². The standard InChI is InChI=1S/C12H12ClN3O4S/c1-15-21(18,19)11-5-4-10(20-11)12(17)16-7-2-3-9(14)8(13)6-7/h2-6,15H,14H2,1H3,(H,16,17). The third-order valence-electron chi connectivity index (χ3n) is 2.60. The first-order valence-corrected chi connectivity index (χ1v) is 7.59. The van der Waals surface area contributed by atoms with E-state index in [9.17, 15) is 13.2 Å². The van der Waals surface area contributed by atoms with Crippen molar-refractivity contribution in [3.05, 3.63) is 41.1 Å². The zero-order chi connectivity index (χ0) is 15.6. The lowest BCUT2D eigenvalue weighted by atomic mass is 10.3. The number of carbonyl (C=O) groups excluding carboxylic acids is 1. The summed E-state index contributed by atoms with van der Waals surface area (Å²) in [5, 5.41) is 2.48. The number of anilines is 2. The number of benzene rings is 1. The lowest BCUT2D eigenvalue weighted by molar-refractivity contribution is 0.0991. The van der Waals surface area contributed by atoms with E-state index in [1.165, 1.54) is 31.3 Å². The van der Waals surface area contributed by atoms with Crippen LogP contribution in [-0.2, 0) is 10.0 Å². The van der Waals surface area contributed by atoms with Crippen molar-refractivity contribution in [2.45, 2.75) is 5.09 Å². The maximum absolute atomic E-state index is 11.9. The second kappa shape index (κ2) is 5.76. The maximum atomic E-state index is 11.9. The van der Waals surface area contributed by atoms with Crippen LogP contribution in [0.25, 0.3) is 0 Å². The molecule has 0 saturated carbocycles. The van der Waals surface area contributed by atoms with Crippen molar-refractivity contribution in [1.29, 1.82) is 0 Å². The molecule has 0 saturated heterocycles. The predicted molar refractivity (Wildman–Crippen MR) is 78.8 cm³/mol. The van der Waals surface area contributed by atoms with Gasteiger partial charge in [-0.1, -0.05) is 11.6 Å². The van der Waals surface area contributed by atoms with Crippen molar-refractivity contribution < 1.29 is 17.6 Å². The van der Waals surface area contributed by atoms with E-state index in [0.29, 0.717) is 16.4 Å². The van der Waals surface area contributed by atoms with E-state index in [1.807, 2.05) is 0 Å². The van der Waals surface area contributed by atoms with Gasteiger partial charge in [0.15, 0.2) is 5.76 Å². The van der Waals surface area contributed by atoms with Crippen LogP contribution < -0.4 is 15.8 Å². The van der Waals surface area contributed by atoms with Crippen LogP contribution in [0.15, 0.2) is 39.8 Å². The second-order valence-corrected chi connectivity index (χ2v) is 6.24. The molecule has 0 radical (unpaired) electrons. The van der Waals surface area contributed by atoms with Gasteiger partial charge in [0.25, 0.3) is 15.9 Å². The van der Waals surface area contributed by atoms with E-state index in [-0.39, 0.29) is 10.9 Å². The zero-order valence-corrected chi connectivity index (χ0v) is 12.5. The summed E-state index contributed by atoms with van der Waals surface area (Å²) in [6.45, 7) is 0. The van der Waals surface area contributed by atoms with Crippen LogP contribution in [0.2, 0.25) is 5.02 Å². The molecule has 2 rings (SSSR count). The SMILES string of the molecule is CNS(=O)(=O)c1ccc(C(=O)Nc2ccc(N)c(Cl)c2)o1. The number of nitrogens with two attached hydrogens (primary N) is 1. The van der Waals surface area contributed by atoms with Crippen molar-refractivity contribution in [2.24, 2.45) is 0 Å². The Kier molecular flexibility index (Phi) is 4.21. The van der Waals surface area contributed by atoms with E-state index in [0.717, 1.165) is 0 Å². The summed E-state index contributed by atoms with van der Waals surface area (Å²) in [6, 6.07) is 7.03. The first-order valence-electron chi connectivity index (χ1n) is 5.73. The third-order valence-corrected chi connectivity index (χ3v) is 4.21. The molecule has 1 aromatic heterocycles. The molecule has 112 valence electrons. The number of halogens is 1. The molecule has 0 aliphatic carbocycles. The summed E-state index contributed by atoms with van der Waals surface area (Å²) in [4.78, 5) is 11.9. The summed E-state index contributed by atoms with van der Waals surface area (Å²) in [7, 11) is -2.49. The molecule has 2 aromatic rings. The molecule has 9 heteroatoms. The third kappa shape index (κ3) is 3.35. The molecule has 0 atom stereocenters. The Hall–Kier alpha value is -2.03. The van der Waals surface area contributed by atoms with Crippen molar-refractivity contribution in [3.63, 3.8) is 0 Å². The minimum atomic E-state index is -3.73.